The maximum absolute atomic E-state index is 11.3. The van der Waals surface area contributed by atoms with Gasteiger partial charge in [0.25, 0.3) is 0 Å². The van der Waals surface area contributed by atoms with Crippen molar-refractivity contribution >= 4 is 23.3 Å². The quantitative estimate of drug-likeness (QED) is 0.794. The number of benzene rings is 1. The van der Waals surface area contributed by atoms with Gasteiger partial charge >= 0.3 is 6.03 Å². The van der Waals surface area contributed by atoms with Crippen LogP contribution in [0.4, 0.5) is 10.5 Å². The third-order valence-electron chi connectivity index (χ3n) is 1.75. The van der Waals surface area contributed by atoms with Crippen LogP contribution in [0.5, 0.6) is 0 Å². The van der Waals surface area contributed by atoms with E-state index in [9.17, 15) is 4.79 Å². The van der Waals surface area contributed by atoms with Crippen molar-refractivity contribution in [3.05, 3.63) is 28.8 Å². The van der Waals surface area contributed by atoms with Crippen LogP contribution in [0, 0.1) is 11.3 Å². The van der Waals surface area contributed by atoms with Crippen LogP contribution in [0.25, 0.3) is 0 Å². The molecule has 0 heterocycles. The number of hydrogen-bond donors (Lipinski definition) is 1. The van der Waals surface area contributed by atoms with Crippen molar-refractivity contribution in [1.29, 1.82) is 5.26 Å². The number of anilines is 1. The van der Waals surface area contributed by atoms with Gasteiger partial charge in [0.05, 0.1) is 22.3 Å². The zero-order valence-electron chi connectivity index (χ0n) is 8.41. The highest BCUT2D eigenvalue weighted by Crippen LogP contribution is 2.22. The molecule has 0 saturated heterocycles. The van der Waals surface area contributed by atoms with Gasteiger partial charge < -0.3 is 10.2 Å². The predicted molar refractivity (Wildman–Crippen MR) is 58.9 cm³/mol. The zero-order valence-corrected chi connectivity index (χ0v) is 9.17. The molecular weight excluding hydrogens is 214 g/mol. The highest BCUT2D eigenvalue weighted by molar-refractivity contribution is 6.33. The largest absolute Gasteiger partial charge is 0.331 e. The summed E-state index contributed by atoms with van der Waals surface area (Å²) in [6.07, 6.45) is 0. The van der Waals surface area contributed by atoms with E-state index < -0.39 is 0 Å². The first kappa shape index (κ1) is 11.3. The second-order valence-electron chi connectivity index (χ2n) is 3.13. The van der Waals surface area contributed by atoms with Crippen LogP contribution in [0.1, 0.15) is 5.56 Å². The van der Waals surface area contributed by atoms with Gasteiger partial charge in [-0.05, 0) is 18.2 Å². The van der Waals surface area contributed by atoms with E-state index in [1.807, 2.05) is 6.07 Å². The van der Waals surface area contributed by atoms with E-state index in [2.05, 4.69) is 5.32 Å². The summed E-state index contributed by atoms with van der Waals surface area (Å²) in [5, 5.41) is 11.6. The monoisotopic (exact) mass is 223 g/mol. The number of nitrogens with one attached hydrogen (secondary N) is 1. The molecule has 0 unspecified atom stereocenters. The highest BCUT2D eigenvalue weighted by atomic mass is 35.5. The standard InChI is InChI=1S/C10H10ClN3O/c1-14(2)10(15)13-9-4-3-7(6-12)5-8(9)11/h3-5H,1-2H3,(H,13,15). The van der Waals surface area contributed by atoms with Crippen molar-refractivity contribution in [3.63, 3.8) is 0 Å². The minimum Gasteiger partial charge on any atom is -0.331 e. The second kappa shape index (κ2) is 4.67. The number of amides is 2. The van der Waals surface area contributed by atoms with Crippen LogP contribution in [0.3, 0.4) is 0 Å². The fourth-order valence-electron chi connectivity index (χ4n) is 0.913. The van der Waals surface area contributed by atoms with Gasteiger partial charge in [-0.25, -0.2) is 4.79 Å². The first-order valence-corrected chi connectivity index (χ1v) is 4.60. The molecule has 0 spiro atoms. The lowest BCUT2D eigenvalue weighted by Gasteiger charge is -2.12. The van der Waals surface area contributed by atoms with Crippen molar-refractivity contribution in [1.82, 2.24) is 4.90 Å². The summed E-state index contributed by atoms with van der Waals surface area (Å²) in [5.41, 5.74) is 0.956. The Morgan fingerprint density at radius 2 is 2.20 bits per heavy atom. The molecule has 0 aromatic heterocycles. The molecule has 1 rings (SSSR count). The molecule has 0 aliphatic rings. The smallest absolute Gasteiger partial charge is 0.321 e. The van der Waals surface area contributed by atoms with Crippen LogP contribution in [0.2, 0.25) is 5.02 Å². The van der Waals surface area contributed by atoms with Crippen LogP contribution >= 0.6 is 11.6 Å². The minimum atomic E-state index is -0.262. The van der Waals surface area contributed by atoms with Gasteiger partial charge in [0, 0.05) is 14.1 Å². The normalized spacial score (nSPS) is 9.20. The van der Waals surface area contributed by atoms with Crippen molar-refractivity contribution in [2.24, 2.45) is 0 Å². The van der Waals surface area contributed by atoms with E-state index in [0.29, 0.717) is 16.3 Å². The van der Waals surface area contributed by atoms with Gasteiger partial charge in [-0.15, -0.1) is 0 Å². The summed E-state index contributed by atoms with van der Waals surface area (Å²) < 4.78 is 0. The van der Waals surface area contributed by atoms with Gasteiger partial charge in [0.1, 0.15) is 0 Å². The van der Waals surface area contributed by atoms with E-state index in [1.54, 1.807) is 26.2 Å². The molecule has 1 aromatic rings. The Morgan fingerprint density at radius 3 is 2.67 bits per heavy atom. The number of nitriles is 1. The lowest BCUT2D eigenvalue weighted by Crippen LogP contribution is -2.27. The van der Waals surface area contributed by atoms with Crippen LogP contribution in [-0.2, 0) is 0 Å². The maximum Gasteiger partial charge on any atom is 0.321 e. The number of urea groups is 1. The SMILES string of the molecule is CN(C)C(=O)Nc1ccc(C#N)cc1Cl. The second-order valence-corrected chi connectivity index (χ2v) is 3.54. The Morgan fingerprint density at radius 1 is 1.53 bits per heavy atom. The van der Waals surface area contributed by atoms with Gasteiger partial charge in [0.15, 0.2) is 0 Å². The van der Waals surface area contributed by atoms with E-state index in [1.165, 1.54) is 11.0 Å². The first-order valence-electron chi connectivity index (χ1n) is 4.22. The summed E-state index contributed by atoms with van der Waals surface area (Å²) >= 11 is 5.87. The molecule has 0 bridgehead atoms. The fourth-order valence-corrected chi connectivity index (χ4v) is 1.14. The van der Waals surface area contributed by atoms with Crippen LogP contribution in [0.15, 0.2) is 18.2 Å². The molecule has 0 saturated carbocycles. The van der Waals surface area contributed by atoms with E-state index in [-0.39, 0.29) is 6.03 Å². The van der Waals surface area contributed by atoms with Crippen molar-refractivity contribution in [3.8, 4) is 6.07 Å². The Kier molecular flexibility index (Phi) is 3.53. The Labute approximate surface area is 93.1 Å². The molecule has 0 radical (unpaired) electrons. The summed E-state index contributed by atoms with van der Waals surface area (Å²) in [6.45, 7) is 0. The molecular formula is C10H10ClN3O. The fraction of sp³-hybridized carbons (Fsp3) is 0.200. The Bertz CT molecular complexity index is 423. The molecule has 0 aliphatic carbocycles. The summed E-state index contributed by atoms with van der Waals surface area (Å²) in [7, 11) is 3.26. The summed E-state index contributed by atoms with van der Waals surface area (Å²) in [4.78, 5) is 12.7. The van der Waals surface area contributed by atoms with Gasteiger partial charge in [-0.3, -0.25) is 0 Å². The van der Waals surface area contributed by atoms with E-state index in [0.717, 1.165) is 0 Å². The molecule has 0 aliphatic heterocycles. The number of carbonyl (C=O) groups is 1. The molecule has 5 heteroatoms. The van der Waals surface area contributed by atoms with Crippen LogP contribution in [-0.4, -0.2) is 25.0 Å². The van der Waals surface area contributed by atoms with Crippen molar-refractivity contribution < 1.29 is 4.79 Å². The molecule has 1 N–H and O–H groups in total. The minimum absolute atomic E-state index is 0.262. The van der Waals surface area contributed by atoms with Gasteiger partial charge in [0.2, 0.25) is 0 Å². The molecule has 4 nitrogen and oxygen atoms in total. The number of rotatable bonds is 1. The number of nitrogens with zero attached hydrogens (tertiary/aromatic N) is 2. The summed E-state index contributed by atoms with van der Waals surface area (Å²) in [6, 6.07) is 6.40. The number of halogens is 1. The zero-order chi connectivity index (χ0) is 11.4. The third kappa shape index (κ3) is 2.86. The van der Waals surface area contributed by atoms with Crippen LogP contribution < -0.4 is 5.32 Å². The Hall–Kier alpha value is -1.73. The molecule has 0 fully saturated rings. The van der Waals surface area contributed by atoms with E-state index in [4.69, 9.17) is 16.9 Å². The summed E-state index contributed by atoms with van der Waals surface area (Å²) in [5.74, 6) is 0. The highest BCUT2D eigenvalue weighted by Gasteiger charge is 2.07. The molecule has 1 aromatic carbocycles. The predicted octanol–water partition coefficient (Wildman–Crippen LogP) is 2.31. The molecule has 78 valence electrons. The first-order chi connectivity index (χ1) is 7.04. The number of carbonyl (C=O) groups excluding carboxylic acids is 1. The van der Waals surface area contributed by atoms with Crippen molar-refractivity contribution in [2.75, 3.05) is 19.4 Å². The molecule has 0 atom stereocenters. The van der Waals surface area contributed by atoms with Gasteiger partial charge in [-0.2, -0.15) is 5.26 Å². The number of hydrogen-bond acceptors (Lipinski definition) is 2. The molecule has 15 heavy (non-hydrogen) atoms. The lowest BCUT2D eigenvalue weighted by atomic mass is 10.2. The molecule has 2 amide bonds. The van der Waals surface area contributed by atoms with Crippen molar-refractivity contribution in [2.45, 2.75) is 0 Å². The lowest BCUT2D eigenvalue weighted by molar-refractivity contribution is 0.230. The van der Waals surface area contributed by atoms with E-state index >= 15 is 0 Å². The third-order valence-corrected chi connectivity index (χ3v) is 2.06. The topological polar surface area (TPSA) is 56.1 Å². The maximum atomic E-state index is 11.3. The average molecular weight is 224 g/mol. The van der Waals surface area contributed by atoms with Gasteiger partial charge in [-0.1, -0.05) is 11.6 Å². The Balaban J connectivity index is 2.89. The average Bonchev–Trinajstić information content (AvgIpc) is 2.20.